The summed E-state index contributed by atoms with van der Waals surface area (Å²) in [7, 11) is -3.74. The van der Waals surface area contributed by atoms with Gasteiger partial charge in [-0.1, -0.05) is 43.6 Å². The molecule has 0 bridgehead atoms. The third-order valence-corrected chi connectivity index (χ3v) is 8.48. The van der Waals surface area contributed by atoms with E-state index in [0.29, 0.717) is 40.9 Å². The zero-order chi connectivity index (χ0) is 25.0. The van der Waals surface area contributed by atoms with Gasteiger partial charge in [-0.15, -0.1) is 11.3 Å². The number of rotatable bonds is 10. The van der Waals surface area contributed by atoms with Crippen LogP contribution < -0.4 is 0 Å². The molecule has 7 nitrogen and oxygen atoms in total. The maximum absolute atomic E-state index is 13.4. The number of sulfone groups is 1. The van der Waals surface area contributed by atoms with Crippen molar-refractivity contribution in [2.75, 3.05) is 13.2 Å². The quantitative estimate of drug-likeness (QED) is 0.363. The second-order valence-corrected chi connectivity index (χ2v) is 12.5. The van der Waals surface area contributed by atoms with Gasteiger partial charge < -0.3 is 14.2 Å². The smallest absolute Gasteiger partial charge is 0.264 e. The van der Waals surface area contributed by atoms with E-state index < -0.39 is 9.84 Å². The molecule has 1 atom stereocenters. The average molecular weight is 536 g/mol. The Balaban J connectivity index is 1.65. The number of imidazole rings is 1. The Hall–Kier alpha value is -2.20. The van der Waals surface area contributed by atoms with Crippen molar-refractivity contribution in [3.05, 3.63) is 69.1 Å². The Labute approximate surface area is 215 Å². The molecule has 1 saturated heterocycles. The lowest BCUT2D eigenvalue weighted by atomic mass is 10.2. The van der Waals surface area contributed by atoms with Crippen LogP contribution in [0.1, 0.15) is 47.6 Å². The van der Waals surface area contributed by atoms with Crippen LogP contribution in [0.15, 0.2) is 53.1 Å². The van der Waals surface area contributed by atoms with Crippen LogP contribution in [0.4, 0.5) is 0 Å². The third-order valence-electron chi connectivity index (χ3n) is 5.79. The molecule has 0 radical (unpaired) electrons. The lowest BCUT2D eigenvalue weighted by Gasteiger charge is -2.26. The van der Waals surface area contributed by atoms with E-state index in [9.17, 15) is 13.2 Å². The van der Waals surface area contributed by atoms with Crippen molar-refractivity contribution in [1.29, 1.82) is 0 Å². The molecule has 0 aliphatic carbocycles. The molecule has 188 valence electrons. The number of carbonyl (C=O) groups is 1. The summed E-state index contributed by atoms with van der Waals surface area (Å²) in [5, 5.41) is 2.38. The van der Waals surface area contributed by atoms with E-state index in [1.807, 2.05) is 31.4 Å². The van der Waals surface area contributed by atoms with Gasteiger partial charge in [0.1, 0.15) is 0 Å². The fraction of sp³-hybridized carbons (Fsp3) is 0.440. The molecule has 4 rings (SSSR count). The van der Waals surface area contributed by atoms with Crippen LogP contribution in [0.5, 0.6) is 0 Å². The fourth-order valence-corrected chi connectivity index (χ4v) is 6.63. The highest BCUT2D eigenvalue weighted by Gasteiger charge is 2.28. The third kappa shape index (κ3) is 6.52. The minimum atomic E-state index is -3.74. The summed E-state index contributed by atoms with van der Waals surface area (Å²) < 4.78 is 34.3. The molecule has 35 heavy (non-hydrogen) atoms. The van der Waals surface area contributed by atoms with Gasteiger partial charge in [-0.2, -0.15) is 0 Å². The van der Waals surface area contributed by atoms with Gasteiger partial charge in [-0.25, -0.2) is 13.4 Å². The molecule has 3 aromatic rings. The first-order valence-corrected chi connectivity index (χ1v) is 14.6. The number of hydrogen-bond donors (Lipinski definition) is 0. The van der Waals surface area contributed by atoms with Crippen molar-refractivity contribution in [3.8, 4) is 0 Å². The lowest BCUT2D eigenvalue weighted by molar-refractivity contribution is 0.0504. The Morgan fingerprint density at radius 2 is 2.14 bits per heavy atom. The molecular weight excluding hydrogens is 506 g/mol. The highest BCUT2D eigenvalue weighted by molar-refractivity contribution is 7.90. The van der Waals surface area contributed by atoms with Crippen LogP contribution in [0.3, 0.4) is 0 Å². The summed E-state index contributed by atoms with van der Waals surface area (Å²) in [5.41, 5.74) is 1.29. The van der Waals surface area contributed by atoms with Gasteiger partial charge in [0.25, 0.3) is 5.91 Å². The number of hydrogen-bond acceptors (Lipinski definition) is 6. The van der Waals surface area contributed by atoms with Crippen molar-refractivity contribution in [2.45, 2.75) is 56.8 Å². The van der Waals surface area contributed by atoms with Crippen molar-refractivity contribution < 1.29 is 17.9 Å². The SMILES string of the molecule is CC(C)Cn1c(CN(C[C@H]2CCCO2)C(=O)c2cccs2)cnc1S(=O)(=O)Cc1cccc(Cl)c1. The van der Waals surface area contributed by atoms with Gasteiger partial charge in [0, 0.05) is 24.7 Å². The van der Waals surface area contributed by atoms with Gasteiger partial charge >= 0.3 is 0 Å². The van der Waals surface area contributed by atoms with Crippen LogP contribution >= 0.6 is 22.9 Å². The van der Waals surface area contributed by atoms with Crippen LogP contribution in [0, 0.1) is 5.92 Å². The molecule has 1 fully saturated rings. The van der Waals surface area contributed by atoms with E-state index >= 15 is 0 Å². The average Bonchev–Trinajstić information content (AvgIpc) is 3.55. The highest BCUT2D eigenvalue weighted by atomic mass is 35.5. The predicted molar refractivity (Wildman–Crippen MR) is 137 cm³/mol. The van der Waals surface area contributed by atoms with Gasteiger partial charge in [0.2, 0.25) is 15.0 Å². The van der Waals surface area contributed by atoms with Gasteiger partial charge in [0.15, 0.2) is 0 Å². The molecular formula is C25H30ClN3O4S2. The van der Waals surface area contributed by atoms with Crippen LogP contribution in [-0.4, -0.2) is 48.0 Å². The van der Waals surface area contributed by atoms with E-state index in [2.05, 4.69) is 4.98 Å². The fourth-order valence-electron chi connectivity index (χ4n) is 4.24. The molecule has 10 heteroatoms. The molecule has 1 aliphatic rings. The Bertz CT molecular complexity index is 1250. The summed E-state index contributed by atoms with van der Waals surface area (Å²) in [6, 6.07) is 10.5. The predicted octanol–water partition coefficient (Wildman–Crippen LogP) is 5.05. The molecule has 3 heterocycles. The van der Waals surface area contributed by atoms with Crippen molar-refractivity contribution >= 4 is 38.7 Å². The number of thiophene rings is 1. The number of nitrogens with zero attached hydrogens (tertiary/aromatic N) is 3. The first-order valence-electron chi connectivity index (χ1n) is 11.7. The second kappa shape index (κ2) is 11.2. The summed E-state index contributed by atoms with van der Waals surface area (Å²) >= 11 is 7.45. The van der Waals surface area contributed by atoms with Crippen LogP contribution in [-0.2, 0) is 33.4 Å². The van der Waals surface area contributed by atoms with E-state index in [1.165, 1.54) is 11.3 Å². The van der Waals surface area contributed by atoms with Crippen molar-refractivity contribution in [1.82, 2.24) is 14.5 Å². The second-order valence-electron chi connectivity index (χ2n) is 9.22. The van der Waals surface area contributed by atoms with Crippen molar-refractivity contribution in [3.63, 3.8) is 0 Å². The molecule has 0 saturated carbocycles. The largest absolute Gasteiger partial charge is 0.376 e. The molecule has 1 aliphatic heterocycles. The van der Waals surface area contributed by atoms with Crippen LogP contribution in [0.25, 0.3) is 0 Å². The van der Waals surface area contributed by atoms with Gasteiger partial charge in [-0.3, -0.25) is 4.79 Å². The van der Waals surface area contributed by atoms with Crippen molar-refractivity contribution in [2.24, 2.45) is 5.92 Å². The van der Waals surface area contributed by atoms with Crippen LogP contribution in [0.2, 0.25) is 5.02 Å². The molecule has 0 N–H and O–H groups in total. The number of halogens is 1. The summed E-state index contributed by atoms with van der Waals surface area (Å²) in [6.07, 6.45) is 3.44. The highest BCUT2D eigenvalue weighted by Crippen LogP contribution is 2.24. The molecule has 2 aromatic heterocycles. The maximum Gasteiger partial charge on any atom is 0.264 e. The van der Waals surface area contributed by atoms with E-state index in [4.69, 9.17) is 16.3 Å². The lowest BCUT2D eigenvalue weighted by Crippen LogP contribution is -2.37. The standard InChI is InChI=1S/C25H30ClN3O4S2/c1-18(2)14-29-21(13-27-25(29)35(31,32)17-19-6-3-7-20(26)12-19)15-28(16-22-8-4-10-33-22)24(30)23-9-5-11-34-23/h3,5-7,9,11-13,18,22H,4,8,10,14-17H2,1-2H3/t22-/m1/s1. The number of carbonyl (C=O) groups excluding carboxylic acids is 1. The van der Waals surface area contributed by atoms with E-state index in [-0.39, 0.29) is 35.4 Å². The topological polar surface area (TPSA) is 81.5 Å². The molecule has 1 amide bonds. The van der Waals surface area contributed by atoms with Gasteiger partial charge in [-0.05, 0) is 47.9 Å². The number of amides is 1. The normalized spacial score (nSPS) is 16.2. The molecule has 0 unspecified atom stereocenters. The molecule has 0 spiro atoms. The maximum atomic E-state index is 13.4. The molecule has 1 aromatic carbocycles. The number of aromatic nitrogens is 2. The van der Waals surface area contributed by atoms with Gasteiger partial charge in [0.05, 0.1) is 35.2 Å². The number of benzene rings is 1. The minimum Gasteiger partial charge on any atom is -0.376 e. The first kappa shape index (κ1) is 25.9. The summed E-state index contributed by atoms with van der Waals surface area (Å²) in [6.45, 7) is 5.93. The Morgan fingerprint density at radius 1 is 1.31 bits per heavy atom. The van der Waals surface area contributed by atoms with E-state index in [1.54, 1.807) is 39.9 Å². The minimum absolute atomic E-state index is 0.0156. The van der Waals surface area contributed by atoms with E-state index in [0.717, 1.165) is 12.8 Å². The zero-order valence-corrected chi connectivity index (χ0v) is 22.3. The summed E-state index contributed by atoms with van der Waals surface area (Å²) in [5.74, 6) is -0.102. The Morgan fingerprint density at radius 3 is 2.80 bits per heavy atom. The summed E-state index contributed by atoms with van der Waals surface area (Å²) in [4.78, 5) is 20.1. The zero-order valence-electron chi connectivity index (χ0n) is 19.9. The number of ether oxygens (including phenoxy) is 1. The Kier molecular flexibility index (Phi) is 8.31. The monoisotopic (exact) mass is 535 g/mol. The first-order chi connectivity index (χ1) is 16.7.